The van der Waals surface area contributed by atoms with Crippen LogP contribution < -0.4 is 0 Å². The molecule has 9 heavy (non-hydrogen) atoms. The molecule has 1 aliphatic rings. The second-order valence-electron chi connectivity index (χ2n) is 2.60. The van der Waals surface area contributed by atoms with Crippen LogP contribution in [0.2, 0.25) is 0 Å². The molecule has 1 saturated heterocycles. The van der Waals surface area contributed by atoms with Crippen molar-refractivity contribution in [3.8, 4) is 0 Å². The Morgan fingerprint density at radius 3 is 2.89 bits per heavy atom. The van der Waals surface area contributed by atoms with Crippen molar-refractivity contribution in [2.24, 2.45) is 5.92 Å². The highest BCUT2D eigenvalue weighted by molar-refractivity contribution is 4.70. The minimum Gasteiger partial charge on any atom is -0.390 e. The van der Waals surface area contributed by atoms with Crippen molar-refractivity contribution in [3.63, 3.8) is 0 Å². The molecule has 0 aromatic carbocycles. The largest absolute Gasteiger partial charge is 0.390 e. The smallest absolute Gasteiger partial charge is 0.0802 e. The summed E-state index contributed by atoms with van der Waals surface area (Å²) >= 11 is 0. The van der Waals surface area contributed by atoms with E-state index in [9.17, 15) is 5.11 Å². The van der Waals surface area contributed by atoms with Gasteiger partial charge in [-0.2, -0.15) is 0 Å². The molecule has 0 radical (unpaired) electrons. The molecular formula is C7H14O2. The van der Waals surface area contributed by atoms with Crippen molar-refractivity contribution in [3.05, 3.63) is 0 Å². The van der Waals surface area contributed by atoms with Gasteiger partial charge in [-0.25, -0.2) is 0 Å². The molecule has 1 rings (SSSR count). The fraction of sp³-hybridized carbons (Fsp3) is 1.00. The molecule has 2 atom stereocenters. The quantitative estimate of drug-likeness (QED) is 0.568. The van der Waals surface area contributed by atoms with Crippen LogP contribution in [0, 0.1) is 5.92 Å². The summed E-state index contributed by atoms with van der Waals surface area (Å²) < 4.78 is 5.06. The summed E-state index contributed by atoms with van der Waals surface area (Å²) in [5.41, 5.74) is 0. The Kier molecular flexibility index (Phi) is 2.49. The first kappa shape index (κ1) is 7.03. The van der Waals surface area contributed by atoms with Crippen molar-refractivity contribution in [1.82, 2.24) is 0 Å². The number of aliphatic hydroxyl groups is 1. The van der Waals surface area contributed by atoms with Crippen LogP contribution in [0.3, 0.4) is 0 Å². The van der Waals surface area contributed by atoms with E-state index in [4.69, 9.17) is 4.74 Å². The van der Waals surface area contributed by atoms with Gasteiger partial charge < -0.3 is 9.84 Å². The highest BCUT2D eigenvalue weighted by Gasteiger charge is 2.21. The molecule has 1 aliphatic heterocycles. The predicted molar refractivity (Wildman–Crippen MR) is 35.2 cm³/mol. The van der Waals surface area contributed by atoms with Crippen LogP contribution in [-0.2, 0) is 4.74 Å². The van der Waals surface area contributed by atoms with Gasteiger partial charge in [0.1, 0.15) is 0 Å². The molecular weight excluding hydrogens is 116 g/mol. The zero-order chi connectivity index (χ0) is 6.69. The maximum absolute atomic E-state index is 9.24. The zero-order valence-corrected chi connectivity index (χ0v) is 5.84. The van der Waals surface area contributed by atoms with E-state index in [2.05, 4.69) is 6.92 Å². The Hall–Kier alpha value is -0.0800. The Balaban J connectivity index is 2.30. The van der Waals surface area contributed by atoms with Gasteiger partial charge in [-0.15, -0.1) is 0 Å². The molecule has 0 bridgehead atoms. The van der Waals surface area contributed by atoms with Gasteiger partial charge in [0.15, 0.2) is 0 Å². The molecule has 2 unspecified atom stereocenters. The standard InChI is InChI=1S/C7H14O2/c1-2-6-3-4-9-5-7(6)8/h6-8H,2-5H2,1H3. The SMILES string of the molecule is CCC1CCOCC1O. The van der Waals surface area contributed by atoms with Crippen molar-refractivity contribution in [2.75, 3.05) is 13.2 Å². The van der Waals surface area contributed by atoms with Gasteiger partial charge in [-0.05, 0) is 12.3 Å². The van der Waals surface area contributed by atoms with Crippen LogP contribution in [0.15, 0.2) is 0 Å². The summed E-state index contributed by atoms with van der Waals surface area (Å²) in [5.74, 6) is 0.485. The lowest BCUT2D eigenvalue weighted by atomic mass is 9.95. The zero-order valence-electron chi connectivity index (χ0n) is 5.84. The molecule has 1 heterocycles. The van der Waals surface area contributed by atoms with Crippen LogP contribution in [0.25, 0.3) is 0 Å². The molecule has 2 heteroatoms. The second kappa shape index (κ2) is 3.18. The lowest BCUT2D eigenvalue weighted by molar-refractivity contribution is -0.0446. The summed E-state index contributed by atoms with van der Waals surface area (Å²) in [6.45, 7) is 3.48. The first-order chi connectivity index (χ1) is 4.34. The molecule has 0 aromatic heterocycles. The van der Waals surface area contributed by atoms with Gasteiger partial charge in [-0.1, -0.05) is 13.3 Å². The van der Waals surface area contributed by atoms with Crippen LogP contribution in [-0.4, -0.2) is 24.4 Å². The molecule has 1 fully saturated rings. The van der Waals surface area contributed by atoms with E-state index < -0.39 is 0 Å². The fourth-order valence-electron chi connectivity index (χ4n) is 1.24. The molecule has 0 aliphatic carbocycles. The van der Waals surface area contributed by atoms with E-state index in [0.29, 0.717) is 12.5 Å². The average molecular weight is 130 g/mol. The van der Waals surface area contributed by atoms with E-state index in [-0.39, 0.29) is 6.10 Å². The maximum Gasteiger partial charge on any atom is 0.0802 e. The van der Waals surface area contributed by atoms with E-state index in [0.717, 1.165) is 19.4 Å². The van der Waals surface area contributed by atoms with Crippen molar-refractivity contribution >= 4 is 0 Å². The topological polar surface area (TPSA) is 29.5 Å². The third-order valence-corrected chi connectivity index (χ3v) is 1.99. The third-order valence-electron chi connectivity index (χ3n) is 1.99. The van der Waals surface area contributed by atoms with E-state index in [1.165, 1.54) is 0 Å². The van der Waals surface area contributed by atoms with Crippen LogP contribution >= 0.6 is 0 Å². The summed E-state index contributed by atoms with van der Waals surface area (Å²) in [5, 5.41) is 9.24. The number of ether oxygens (including phenoxy) is 1. The van der Waals surface area contributed by atoms with Crippen LogP contribution in [0.1, 0.15) is 19.8 Å². The minimum atomic E-state index is -0.205. The van der Waals surface area contributed by atoms with Gasteiger partial charge in [0.05, 0.1) is 12.7 Å². The van der Waals surface area contributed by atoms with Crippen molar-refractivity contribution < 1.29 is 9.84 Å². The molecule has 0 spiro atoms. The highest BCUT2D eigenvalue weighted by atomic mass is 16.5. The molecule has 2 nitrogen and oxygen atoms in total. The van der Waals surface area contributed by atoms with Gasteiger partial charge in [-0.3, -0.25) is 0 Å². The number of aliphatic hydroxyl groups excluding tert-OH is 1. The van der Waals surface area contributed by atoms with Gasteiger partial charge >= 0.3 is 0 Å². The minimum absolute atomic E-state index is 0.205. The number of hydrogen-bond acceptors (Lipinski definition) is 2. The first-order valence-electron chi connectivity index (χ1n) is 3.60. The Morgan fingerprint density at radius 1 is 1.67 bits per heavy atom. The fourth-order valence-corrected chi connectivity index (χ4v) is 1.24. The lowest BCUT2D eigenvalue weighted by Gasteiger charge is -2.26. The van der Waals surface area contributed by atoms with Crippen molar-refractivity contribution in [2.45, 2.75) is 25.9 Å². The maximum atomic E-state index is 9.24. The Labute approximate surface area is 55.8 Å². The molecule has 0 aromatic rings. The van der Waals surface area contributed by atoms with E-state index >= 15 is 0 Å². The summed E-state index contributed by atoms with van der Waals surface area (Å²) in [4.78, 5) is 0. The second-order valence-corrected chi connectivity index (χ2v) is 2.60. The normalized spacial score (nSPS) is 36.7. The van der Waals surface area contributed by atoms with Crippen LogP contribution in [0.4, 0.5) is 0 Å². The summed E-state index contributed by atoms with van der Waals surface area (Å²) in [6.07, 6.45) is 1.89. The first-order valence-corrected chi connectivity index (χ1v) is 3.60. The number of rotatable bonds is 1. The van der Waals surface area contributed by atoms with Gasteiger partial charge in [0.2, 0.25) is 0 Å². The third kappa shape index (κ3) is 1.66. The average Bonchev–Trinajstić information content (AvgIpc) is 1.89. The van der Waals surface area contributed by atoms with E-state index in [1.807, 2.05) is 0 Å². The Morgan fingerprint density at radius 2 is 2.44 bits per heavy atom. The number of hydrogen-bond donors (Lipinski definition) is 1. The van der Waals surface area contributed by atoms with Crippen LogP contribution in [0.5, 0.6) is 0 Å². The molecule has 0 saturated carbocycles. The summed E-state index contributed by atoms with van der Waals surface area (Å²) in [6, 6.07) is 0. The van der Waals surface area contributed by atoms with Crippen molar-refractivity contribution in [1.29, 1.82) is 0 Å². The lowest BCUT2D eigenvalue weighted by Crippen LogP contribution is -2.31. The summed E-state index contributed by atoms with van der Waals surface area (Å²) in [7, 11) is 0. The van der Waals surface area contributed by atoms with E-state index in [1.54, 1.807) is 0 Å². The monoisotopic (exact) mass is 130 g/mol. The highest BCUT2D eigenvalue weighted by Crippen LogP contribution is 2.17. The molecule has 0 amide bonds. The van der Waals surface area contributed by atoms with Gasteiger partial charge in [0.25, 0.3) is 0 Å². The Bertz CT molecular complexity index is 83.0. The predicted octanol–water partition coefficient (Wildman–Crippen LogP) is 0.794. The molecule has 54 valence electrons. The van der Waals surface area contributed by atoms with Gasteiger partial charge in [0, 0.05) is 6.61 Å². The molecule has 1 N–H and O–H groups in total.